The minimum Gasteiger partial charge on any atom is -0.455 e. The van der Waals surface area contributed by atoms with E-state index in [-0.39, 0.29) is 0 Å². The highest BCUT2D eigenvalue weighted by Crippen LogP contribution is 2.45. The van der Waals surface area contributed by atoms with E-state index in [0.717, 1.165) is 49.8 Å². The highest BCUT2D eigenvalue weighted by Gasteiger charge is 2.20. The molecule has 0 N–H and O–H groups in total. The van der Waals surface area contributed by atoms with Gasteiger partial charge in [0.2, 0.25) is 0 Å². The molecule has 0 aliphatic carbocycles. The van der Waals surface area contributed by atoms with Gasteiger partial charge in [-0.2, -0.15) is 0 Å². The first-order chi connectivity index (χ1) is 20.8. The van der Waals surface area contributed by atoms with Crippen LogP contribution in [0.2, 0.25) is 0 Å². The average Bonchev–Trinajstić information content (AvgIpc) is 3.44. The summed E-state index contributed by atoms with van der Waals surface area (Å²) >= 11 is 0. The molecule has 0 fully saturated rings. The van der Waals surface area contributed by atoms with Crippen LogP contribution in [0.25, 0.3) is 65.0 Å². The maximum atomic E-state index is 6.47. The largest absolute Gasteiger partial charge is 0.455 e. The first kappa shape index (κ1) is 23.1. The third-order valence-electron chi connectivity index (χ3n) is 8.59. The number of benzene rings is 8. The Hall–Kier alpha value is -5.60. The van der Waals surface area contributed by atoms with E-state index in [1.165, 1.54) is 32.3 Å². The van der Waals surface area contributed by atoms with Crippen molar-refractivity contribution >= 4 is 82.1 Å². The van der Waals surface area contributed by atoms with Crippen molar-refractivity contribution in [1.29, 1.82) is 0 Å². The van der Waals surface area contributed by atoms with Gasteiger partial charge in [0, 0.05) is 32.9 Å². The van der Waals surface area contributed by atoms with Gasteiger partial charge in [-0.1, -0.05) is 109 Å². The number of para-hydroxylation sites is 2. The number of hydrogen-bond acceptors (Lipinski definition) is 2. The Morgan fingerprint density at radius 1 is 0.381 bits per heavy atom. The Morgan fingerprint density at radius 2 is 1.00 bits per heavy atom. The smallest absolute Gasteiger partial charge is 0.143 e. The van der Waals surface area contributed by atoms with E-state index in [1.807, 2.05) is 12.1 Å². The predicted octanol–water partition coefficient (Wildman–Crippen LogP) is 11.7. The standard InChI is InChI=1S/C40H25NO/c1-2-12-29(13-3-1)41(30-21-18-27-19-22-34-33-16-8-9-17-38(33)42-40(34)36(27)25-30)37-24-28-11-5-7-15-32(28)39-31-14-6-4-10-26(31)20-23-35(37)39/h1-25H. The van der Waals surface area contributed by atoms with Gasteiger partial charge >= 0.3 is 0 Å². The van der Waals surface area contributed by atoms with Crippen LogP contribution < -0.4 is 4.90 Å². The van der Waals surface area contributed by atoms with Crippen LogP contribution in [-0.4, -0.2) is 0 Å². The molecule has 2 nitrogen and oxygen atoms in total. The zero-order valence-corrected chi connectivity index (χ0v) is 22.8. The molecule has 9 aromatic rings. The van der Waals surface area contributed by atoms with Crippen LogP contribution in [0.15, 0.2) is 156 Å². The fourth-order valence-corrected chi connectivity index (χ4v) is 6.67. The molecule has 9 rings (SSSR count). The van der Waals surface area contributed by atoms with Gasteiger partial charge in [0.25, 0.3) is 0 Å². The van der Waals surface area contributed by atoms with Gasteiger partial charge < -0.3 is 9.32 Å². The van der Waals surface area contributed by atoms with Crippen molar-refractivity contribution in [1.82, 2.24) is 0 Å². The molecule has 0 radical (unpaired) electrons. The van der Waals surface area contributed by atoms with Crippen LogP contribution in [0.1, 0.15) is 0 Å². The van der Waals surface area contributed by atoms with Crippen molar-refractivity contribution < 1.29 is 4.42 Å². The summed E-state index contributed by atoms with van der Waals surface area (Å²) < 4.78 is 6.47. The molecule has 0 spiro atoms. The van der Waals surface area contributed by atoms with Crippen molar-refractivity contribution in [3.8, 4) is 0 Å². The summed E-state index contributed by atoms with van der Waals surface area (Å²) in [5.41, 5.74) is 5.19. The van der Waals surface area contributed by atoms with Crippen molar-refractivity contribution in [2.45, 2.75) is 0 Å². The average molecular weight is 536 g/mol. The Bertz CT molecular complexity index is 2460. The summed E-state index contributed by atoms with van der Waals surface area (Å²) in [6.07, 6.45) is 0. The van der Waals surface area contributed by atoms with Gasteiger partial charge in [-0.3, -0.25) is 0 Å². The molecule has 0 saturated carbocycles. The molecular weight excluding hydrogens is 510 g/mol. The molecular formula is C40H25NO. The molecule has 8 aromatic carbocycles. The second-order valence-electron chi connectivity index (χ2n) is 10.9. The lowest BCUT2D eigenvalue weighted by Crippen LogP contribution is -2.10. The van der Waals surface area contributed by atoms with E-state index in [1.54, 1.807) is 0 Å². The SMILES string of the molecule is c1ccc(N(c2ccc3ccc4c5ccccc5oc4c3c2)c2cc3ccccc3c3c2ccc2ccccc23)cc1. The summed E-state index contributed by atoms with van der Waals surface area (Å²) in [5, 5.41) is 12.1. The molecule has 0 aliphatic heterocycles. The summed E-state index contributed by atoms with van der Waals surface area (Å²) in [6.45, 7) is 0. The number of furan rings is 1. The van der Waals surface area contributed by atoms with Gasteiger partial charge in [-0.25, -0.2) is 0 Å². The van der Waals surface area contributed by atoms with Gasteiger partial charge in [-0.05, 0) is 74.8 Å². The topological polar surface area (TPSA) is 16.4 Å². The number of rotatable bonds is 3. The summed E-state index contributed by atoms with van der Waals surface area (Å²) in [6, 6.07) is 54.4. The normalized spacial score (nSPS) is 11.8. The zero-order valence-electron chi connectivity index (χ0n) is 22.8. The summed E-state index contributed by atoms with van der Waals surface area (Å²) in [4.78, 5) is 2.39. The first-order valence-electron chi connectivity index (χ1n) is 14.4. The fourth-order valence-electron chi connectivity index (χ4n) is 6.67. The summed E-state index contributed by atoms with van der Waals surface area (Å²) in [5.74, 6) is 0. The molecule has 196 valence electrons. The molecule has 0 unspecified atom stereocenters. The second-order valence-corrected chi connectivity index (χ2v) is 10.9. The molecule has 0 bridgehead atoms. The lowest BCUT2D eigenvalue weighted by Gasteiger charge is -2.28. The summed E-state index contributed by atoms with van der Waals surface area (Å²) in [7, 11) is 0. The molecule has 0 atom stereocenters. The van der Waals surface area contributed by atoms with Crippen LogP contribution >= 0.6 is 0 Å². The van der Waals surface area contributed by atoms with Gasteiger partial charge in [-0.15, -0.1) is 0 Å². The van der Waals surface area contributed by atoms with Crippen molar-refractivity contribution in [2.24, 2.45) is 0 Å². The van der Waals surface area contributed by atoms with Crippen LogP contribution in [0.5, 0.6) is 0 Å². The highest BCUT2D eigenvalue weighted by molar-refractivity contribution is 6.24. The predicted molar refractivity (Wildman–Crippen MR) is 178 cm³/mol. The van der Waals surface area contributed by atoms with E-state index in [2.05, 4.69) is 144 Å². The van der Waals surface area contributed by atoms with Crippen LogP contribution in [-0.2, 0) is 0 Å². The van der Waals surface area contributed by atoms with E-state index >= 15 is 0 Å². The van der Waals surface area contributed by atoms with E-state index in [9.17, 15) is 0 Å². The molecule has 2 heteroatoms. The zero-order chi connectivity index (χ0) is 27.6. The quantitative estimate of drug-likeness (QED) is 0.209. The minimum absolute atomic E-state index is 0.915. The molecule has 0 saturated heterocycles. The lowest BCUT2D eigenvalue weighted by atomic mass is 9.94. The van der Waals surface area contributed by atoms with Crippen molar-refractivity contribution in [3.63, 3.8) is 0 Å². The first-order valence-corrected chi connectivity index (χ1v) is 14.4. The molecule has 1 heterocycles. The Labute approximate surface area is 242 Å². The minimum atomic E-state index is 0.915. The number of hydrogen-bond donors (Lipinski definition) is 0. The third kappa shape index (κ3) is 3.39. The van der Waals surface area contributed by atoms with Gasteiger partial charge in [0.05, 0.1) is 5.69 Å². The van der Waals surface area contributed by atoms with E-state index in [0.29, 0.717) is 0 Å². The third-order valence-corrected chi connectivity index (χ3v) is 8.59. The fraction of sp³-hybridized carbons (Fsp3) is 0. The van der Waals surface area contributed by atoms with Gasteiger partial charge in [0.1, 0.15) is 11.2 Å². The van der Waals surface area contributed by atoms with Crippen LogP contribution in [0.4, 0.5) is 17.1 Å². The van der Waals surface area contributed by atoms with Crippen LogP contribution in [0, 0.1) is 0 Å². The molecule has 0 aliphatic rings. The molecule has 42 heavy (non-hydrogen) atoms. The maximum Gasteiger partial charge on any atom is 0.143 e. The Balaban J connectivity index is 1.39. The number of nitrogens with zero attached hydrogens (tertiary/aromatic N) is 1. The number of fused-ring (bicyclic) bond motifs is 10. The van der Waals surface area contributed by atoms with Crippen molar-refractivity contribution in [2.75, 3.05) is 4.90 Å². The van der Waals surface area contributed by atoms with E-state index < -0.39 is 0 Å². The van der Waals surface area contributed by atoms with E-state index in [4.69, 9.17) is 4.42 Å². The number of anilines is 3. The highest BCUT2D eigenvalue weighted by atomic mass is 16.3. The Kier molecular flexibility index (Phi) is 4.93. The molecule has 0 amide bonds. The van der Waals surface area contributed by atoms with Gasteiger partial charge in [0.15, 0.2) is 0 Å². The van der Waals surface area contributed by atoms with Crippen molar-refractivity contribution in [3.05, 3.63) is 152 Å². The Morgan fingerprint density at radius 3 is 1.83 bits per heavy atom. The second kappa shape index (κ2) is 8.95. The maximum absolute atomic E-state index is 6.47. The lowest BCUT2D eigenvalue weighted by molar-refractivity contribution is 0.672. The monoisotopic (exact) mass is 535 g/mol. The van der Waals surface area contributed by atoms with Crippen LogP contribution in [0.3, 0.4) is 0 Å². The molecule has 1 aromatic heterocycles.